The molecule has 0 amide bonds. The molecule has 175 valence electrons. The Bertz CT molecular complexity index is 838. The van der Waals surface area contributed by atoms with Gasteiger partial charge in [0.05, 0.1) is 17.9 Å². The Morgan fingerprint density at radius 2 is 1.84 bits per heavy atom. The lowest BCUT2D eigenvalue weighted by Gasteiger charge is -2.53. The number of hydrogen-bond acceptors (Lipinski definition) is 4. The Morgan fingerprint density at radius 3 is 2.39 bits per heavy atom. The van der Waals surface area contributed by atoms with Crippen LogP contribution < -0.4 is 0 Å². The largest absolute Gasteiger partial charge is 0.559 e. The monoisotopic (exact) mass is 557 g/mol. The number of pyridine rings is 1. The normalized spacial score (nSPS) is 21.8. The van der Waals surface area contributed by atoms with Crippen molar-refractivity contribution < 1.29 is 14.0 Å². The zero-order valence-electron chi connectivity index (χ0n) is 20.7. The minimum atomic E-state index is -1.99. The van der Waals surface area contributed by atoms with Crippen molar-refractivity contribution in [2.24, 2.45) is 5.41 Å². The fourth-order valence-corrected chi connectivity index (χ4v) is 7.17. The molecule has 0 aromatic carbocycles. The van der Waals surface area contributed by atoms with Crippen LogP contribution in [0.3, 0.4) is 0 Å². The molecule has 0 N–H and O–H groups in total. The van der Waals surface area contributed by atoms with Crippen molar-refractivity contribution in [1.82, 2.24) is 4.98 Å². The lowest BCUT2D eigenvalue weighted by atomic mass is 9.74. The first kappa shape index (κ1) is 25.2. The van der Waals surface area contributed by atoms with Crippen molar-refractivity contribution in [2.75, 3.05) is 6.61 Å². The smallest absolute Gasteiger partial charge is 0.341 e. The zero-order valence-corrected chi connectivity index (χ0v) is 23.8. The van der Waals surface area contributed by atoms with E-state index < -0.39 is 8.32 Å². The molecule has 0 saturated heterocycles. The molecule has 6 heteroatoms. The highest BCUT2D eigenvalue weighted by Gasteiger charge is 2.40. The Morgan fingerprint density at radius 1 is 1.23 bits per heavy atom. The molecule has 2 aliphatic carbocycles. The summed E-state index contributed by atoms with van der Waals surface area (Å²) in [7, 11) is -1.99. The molecular formula is C25H40INO3Si-. The number of nitrogens with zero attached hydrogens (tertiary/aromatic N) is 1. The maximum Gasteiger partial charge on any atom is 0.341 e. The lowest BCUT2D eigenvalue weighted by Crippen LogP contribution is -2.44. The first-order valence-electron chi connectivity index (χ1n) is 11.8. The molecule has 1 aromatic heterocycles. The summed E-state index contributed by atoms with van der Waals surface area (Å²) in [5, 5.41) is 0.126. The topological polar surface area (TPSA) is 48.4 Å². The maximum absolute atomic E-state index is 13.1. The van der Waals surface area contributed by atoms with Gasteiger partial charge in [0.15, 0.2) is 0 Å². The molecule has 31 heavy (non-hydrogen) atoms. The van der Waals surface area contributed by atoms with E-state index in [1.807, 2.05) is 6.92 Å². The van der Waals surface area contributed by atoms with Crippen LogP contribution >= 0.6 is 22.6 Å². The van der Waals surface area contributed by atoms with Gasteiger partial charge in [0.1, 0.15) is 0 Å². The summed E-state index contributed by atoms with van der Waals surface area (Å²) in [6.07, 6.45) is 6.51. The Hall–Kier alpha value is -0.473. The van der Waals surface area contributed by atoms with E-state index in [1.165, 1.54) is 12.8 Å². The molecule has 2 aliphatic rings. The number of halogens is 1. The van der Waals surface area contributed by atoms with Gasteiger partial charge in [-0.25, -0.2) is 4.79 Å². The second-order valence-electron chi connectivity index (χ2n) is 11.7. The summed E-state index contributed by atoms with van der Waals surface area (Å²) >= 11 is 2.38. The van der Waals surface area contributed by atoms with Gasteiger partial charge in [0.2, 0.25) is 0 Å². The van der Waals surface area contributed by atoms with Crippen molar-refractivity contribution >= 4 is 36.9 Å². The Kier molecular flexibility index (Phi) is 7.34. The summed E-state index contributed by atoms with van der Waals surface area (Å²) in [6, 6.07) is 0. The van der Waals surface area contributed by atoms with Crippen molar-refractivity contribution in [3.8, 4) is 0 Å². The number of fused-ring (bicyclic) bond motifs is 1. The second-order valence-corrected chi connectivity index (χ2v) is 17.5. The summed E-state index contributed by atoms with van der Waals surface area (Å²) < 4.78 is 13.5. The van der Waals surface area contributed by atoms with Crippen LogP contribution in [-0.4, -0.2) is 25.9 Å². The number of carbonyl (C=O) groups excluding carboxylic acids is 1. The molecule has 3 rings (SSSR count). The van der Waals surface area contributed by atoms with Gasteiger partial charge in [-0.05, 0) is 68.9 Å². The van der Waals surface area contributed by atoms with Crippen LogP contribution in [0.1, 0.15) is 113 Å². The molecule has 1 aromatic rings. The minimum absolute atomic E-state index is 0.0233. The molecule has 1 heterocycles. The van der Waals surface area contributed by atoms with Crippen LogP contribution in [0.25, 0.3) is 0 Å². The first-order chi connectivity index (χ1) is 14.3. The van der Waals surface area contributed by atoms with Crippen LogP contribution in [0.2, 0.25) is 18.1 Å². The van der Waals surface area contributed by atoms with E-state index in [0.29, 0.717) is 18.1 Å². The van der Waals surface area contributed by atoms with Crippen LogP contribution in [0.5, 0.6) is 0 Å². The van der Waals surface area contributed by atoms with Crippen LogP contribution in [-0.2, 0) is 15.6 Å². The first-order valence-corrected chi connectivity index (χ1v) is 15.8. The minimum Gasteiger partial charge on any atom is -0.559 e. The van der Waals surface area contributed by atoms with Gasteiger partial charge < -0.3 is 9.16 Å². The van der Waals surface area contributed by atoms with Crippen molar-refractivity contribution in [1.29, 1.82) is 0 Å². The average molecular weight is 558 g/mol. The van der Waals surface area contributed by atoms with Crippen LogP contribution in [0, 0.1) is 8.99 Å². The number of hydrogen-bond donors (Lipinski definition) is 0. The van der Waals surface area contributed by atoms with Crippen molar-refractivity contribution in [3.05, 3.63) is 26.1 Å². The predicted octanol–water partition coefficient (Wildman–Crippen LogP) is 7.56. The van der Waals surface area contributed by atoms with E-state index in [0.717, 1.165) is 46.2 Å². The highest BCUT2D eigenvalue weighted by Crippen LogP contribution is 2.49. The van der Waals surface area contributed by atoms with Crippen molar-refractivity contribution in [2.45, 2.75) is 110 Å². The molecular weight excluding hydrogens is 517 g/mol. The number of esters is 1. The van der Waals surface area contributed by atoms with Gasteiger partial charge in [-0.1, -0.05) is 47.5 Å². The van der Waals surface area contributed by atoms with Gasteiger partial charge in [-0.3, -0.25) is 4.98 Å². The van der Waals surface area contributed by atoms with Crippen molar-refractivity contribution in [3.63, 3.8) is 0 Å². The average Bonchev–Trinajstić information content (AvgIpc) is 3.13. The summed E-state index contributed by atoms with van der Waals surface area (Å²) in [5.74, 6) is 0.142. The molecule has 4 nitrogen and oxygen atoms in total. The predicted molar refractivity (Wildman–Crippen MR) is 137 cm³/mol. The number of carbonyl (C=O) groups is 1. The van der Waals surface area contributed by atoms with Gasteiger partial charge in [-0.2, -0.15) is 0 Å². The van der Waals surface area contributed by atoms with E-state index in [2.05, 4.69) is 70.3 Å². The van der Waals surface area contributed by atoms with E-state index in [9.17, 15) is 4.79 Å². The zero-order chi connectivity index (χ0) is 23.2. The molecule has 1 saturated carbocycles. The third-order valence-corrected chi connectivity index (χ3v) is 13.1. The highest BCUT2D eigenvalue weighted by molar-refractivity contribution is 14.1. The summed E-state index contributed by atoms with van der Waals surface area (Å²) in [6.45, 7) is 18.4. The summed E-state index contributed by atoms with van der Waals surface area (Å²) in [4.78, 5) is 18.3. The fourth-order valence-electron chi connectivity index (χ4n) is 4.75. The Labute approximate surface area is 203 Å². The number of ether oxygens (including phenoxy) is 1. The summed E-state index contributed by atoms with van der Waals surface area (Å²) in [5.41, 5.74) is 4.09. The number of rotatable bonds is 5. The molecule has 1 atom stereocenters. The van der Waals surface area contributed by atoms with E-state index in [4.69, 9.17) is 14.1 Å². The van der Waals surface area contributed by atoms with Gasteiger partial charge in [0.25, 0.3) is 0 Å². The van der Waals surface area contributed by atoms with Gasteiger partial charge >= 0.3 is 5.97 Å². The lowest BCUT2D eigenvalue weighted by molar-refractivity contribution is 0.0521. The van der Waals surface area contributed by atoms with Crippen LogP contribution in [0.15, 0.2) is 0 Å². The highest BCUT2D eigenvalue weighted by atomic mass is 127. The third-order valence-electron chi connectivity index (χ3n) is 7.45. The SMILES string of the molecule is CCOC(=O)c1c(C2CCCC2)nc2c(c1I)[C@@H](O[Si-](C)(C)C(C)(C)C)CC(C)(C)C2. The van der Waals surface area contributed by atoms with Crippen LogP contribution in [0.4, 0.5) is 0 Å². The molecule has 0 spiro atoms. The molecule has 0 radical (unpaired) electrons. The van der Waals surface area contributed by atoms with Gasteiger partial charge in [0, 0.05) is 26.8 Å². The molecule has 1 fully saturated rings. The number of aromatic nitrogens is 1. The third kappa shape index (κ3) is 5.21. The molecule has 0 unspecified atom stereocenters. The van der Waals surface area contributed by atoms with E-state index in [-0.39, 0.29) is 22.5 Å². The van der Waals surface area contributed by atoms with Gasteiger partial charge in [-0.15, -0.1) is 18.1 Å². The Balaban J connectivity index is 2.17. The molecule has 0 bridgehead atoms. The standard InChI is InChI=1S/C25H40INO3Si/c1-9-29-23(28)20-21(26)19-17(27-22(20)16-12-10-11-13-16)14-25(5,6)15-18(19)30-31(7,8)24(2,3)4/h16,18H,9-15H2,1-8H3/q-1/t18-/m0/s1. The maximum atomic E-state index is 13.1. The van der Waals surface area contributed by atoms with E-state index in [1.54, 1.807) is 0 Å². The molecule has 0 aliphatic heterocycles. The van der Waals surface area contributed by atoms with E-state index >= 15 is 0 Å². The second kappa shape index (κ2) is 9.05. The quantitative estimate of drug-likeness (QED) is 0.213. The fraction of sp³-hybridized carbons (Fsp3) is 0.760.